The van der Waals surface area contributed by atoms with E-state index in [0.29, 0.717) is 26.3 Å². The lowest BCUT2D eigenvalue weighted by Gasteiger charge is -2.37. The molecule has 0 saturated carbocycles. The SMILES string of the molecule is C=CCc1ccccc1C(OCCCOC)C1CCCN(S(=O)(=O)CC[Si](C)(C)C)C1. The van der Waals surface area contributed by atoms with E-state index in [2.05, 4.69) is 38.4 Å². The van der Waals surface area contributed by atoms with Gasteiger partial charge in [-0.05, 0) is 42.9 Å². The maximum absolute atomic E-state index is 13.1. The molecular formula is C24H41NO4SSi. The maximum Gasteiger partial charge on any atom is 0.213 e. The molecule has 1 heterocycles. The molecule has 0 N–H and O–H groups in total. The Kier molecular flexibility index (Phi) is 10.4. The van der Waals surface area contributed by atoms with Crippen LogP contribution in [0.25, 0.3) is 0 Å². The standard InChI is InChI=1S/C24H41NO4SSi/c1-6-11-21-12-7-8-14-23(21)24(29-17-10-16-28-2)22-13-9-15-25(20-22)30(26,27)18-19-31(3,4)5/h6-8,12,14,22,24H,1,9-11,13,15-20H2,2-5H3. The summed E-state index contributed by atoms with van der Waals surface area (Å²) in [6.45, 7) is 13.0. The van der Waals surface area contributed by atoms with Crippen LogP contribution < -0.4 is 0 Å². The first kappa shape index (κ1) is 26.3. The largest absolute Gasteiger partial charge is 0.385 e. The molecule has 2 unspecified atom stereocenters. The van der Waals surface area contributed by atoms with E-state index in [-0.39, 0.29) is 17.8 Å². The van der Waals surface area contributed by atoms with Gasteiger partial charge in [0.2, 0.25) is 10.0 Å². The molecule has 0 aliphatic carbocycles. The Bertz CT molecular complexity index is 791. The summed E-state index contributed by atoms with van der Waals surface area (Å²) < 4.78 is 39.5. The first-order valence-electron chi connectivity index (χ1n) is 11.4. The Hall–Kier alpha value is -0.993. The molecule has 0 bridgehead atoms. The van der Waals surface area contributed by atoms with E-state index >= 15 is 0 Å². The average molecular weight is 468 g/mol. The summed E-state index contributed by atoms with van der Waals surface area (Å²) in [5.74, 6) is 0.408. The average Bonchev–Trinajstić information content (AvgIpc) is 2.73. The van der Waals surface area contributed by atoms with Gasteiger partial charge in [-0.3, -0.25) is 0 Å². The number of benzene rings is 1. The van der Waals surface area contributed by atoms with Crippen LogP contribution in [0.2, 0.25) is 25.7 Å². The lowest BCUT2D eigenvalue weighted by molar-refractivity contribution is -0.0131. The third kappa shape index (κ3) is 8.46. The molecule has 1 aromatic carbocycles. The molecule has 0 aromatic heterocycles. The Balaban J connectivity index is 2.22. The van der Waals surface area contributed by atoms with Crippen LogP contribution in [0.1, 0.15) is 36.5 Å². The van der Waals surface area contributed by atoms with Crippen LogP contribution in [0.15, 0.2) is 36.9 Å². The summed E-state index contributed by atoms with van der Waals surface area (Å²) in [7, 11) is -2.96. The zero-order valence-corrected chi connectivity index (χ0v) is 21.6. The van der Waals surface area contributed by atoms with Gasteiger partial charge in [0.05, 0.1) is 11.9 Å². The Morgan fingerprint density at radius 1 is 1.26 bits per heavy atom. The molecule has 176 valence electrons. The zero-order valence-electron chi connectivity index (χ0n) is 19.8. The molecule has 1 aromatic rings. The minimum atomic E-state index is -3.24. The summed E-state index contributed by atoms with van der Waals surface area (Å²) in [4.78, 5) is 0. The van der Waals surface area contributed by atoms with Gasteiger partial charge < -0.3 is 9.47 Å². The van der Waals surface area contributed by atoms with Crippen LogP contribution in [0, 0.1) is 5.92 Å². The van der Waals surface area contributed by atoms with Gasteiger partial charge in [0.1, 0.15) is 0 Å². The number of hydrogen-bond donors (Lipinski definition) is 0. The van der Waals surface area contributed by atoms with E-state index in [0.717, 1.165) is 37.3 Å². The predicted octanol–water partition coefficient (Wildman–Crippen LogP) is 4.89. The first-order chi connectivity index (χ1) is 14.7. The van der Waals surface area contributed by atoms with Gasteiger partial charge in [-0.25, -0.2) is 12.7 Å². The second kappa shape index (κ2) is 12.3. The molecule has 0 spiro atoms. The van der Waals surface area contributed by atoms with Crippen molar-refractivity contribution in [3.05, 3.63) is 48.0 Å². The zero-order chi connectivity index (χ0) is 22.9. The van der Waals surface area contributed by atoms with E-state index in [1.807, 2.05) is 18.2 Å². The van der Waals surface area contributed by atoms with Gasteiger partial charge in [0.25, 0.3) is 0 Å². The molecule has 7 heteroatoms. The van der Waals surface area contributed by atoms with Crippen molar-refractivity contribution in [1.82, 2.24) is 4.31 Å². The molecule has 2 atom stereocenters. The van der Waals surface area contributed by atoms with Crippen LogP contribution in [0.5, 0.6) is 0 Å². The van der Waals surface area contributed by atoms with Gasteiger partial charge in [0, 0.05) is 47.4 Å². The molecule has 2 rings (SSSR count). The number of piperidine rings is 1. The monoisotopic (exact) mass is 467 g/mol. The smallest absolute Gasteiger partial charge is 0.213 e. The van der Waals surface area contributed by atoms with Crippen molar-refractivity contribution in [3.63, 3.8) is 0 Å². The second-order valence-electron chi connectivity index (χ2n) is 9.72. The van der Waals surface area contributed by atoms with Crippen molar-refractivity contribution >= 4 is 18.1 Å². The molecule has 1 aliphatic heterocycles. The predicted molar refractivity (Wildman–Crippen MR) is 132 cm³/mol. The fraction of sp³-hybridized carbons (Fsp3) is 0.667. The minimum absolute atomic E-state index is 0.122. The van der Waals surface area contributed by atoms with Crippen molar-refractivity contribution in [3.8, 4) is 0 Å². The third-order valence-corrected chi connectivity index (χ3v) is 9.82. The van der Waals surface area contributed by atoms with Crippen molar-refractivity contribution < 1.29 is 17.9 Å². The quantitative estimate of drug-likeness (QED) is 0.235. The van der Waals surface area contributed by atoms with Crippen molar-refractivity contribution in [1.29, 1.82) is 0 Å². The molecule has 0 radical (unpaired) electrons. The van der Waals surface area contributed by atoms with Gasteiger partial charge in [-0.15, -0.1) is 6.58 Å². The van der Waals surface area contributed by atoms with Crippen LogP contribution >= 0.6 is 0 Å². The Labute approximate surface area is 190 Å². The van der Waals surface area contributed by atoms with E-state index in [1.54, 1.807) is 11.4 Å². The summed E-state index contributed by atoms with van der Waals surface area (Å²) in [6.07, 6.45) is 5.23. The lowest BCUT2D eigenvalue weighted by atomic mass is 9.86. The molecule has 0 amide bonds. The number of sulfonamides is 1. The summed E-state index contributed by atoms with van der Waals surface area (Å²) in [5.41, 5.74) is 2.36. The number of methoxy groups -OCH3 is 1. The summed E-state index contributed by atoms with van der Waals surface area (Å²) in [6, 6.07) is 9.12. The van der Waals surface area contributed by atoms with Crippen molar-refractivity contribution in [2.75, 3.05) is 39.2 Å². The highest BCUT2D eigenvalue weighted by Crippen LogP contribution is 2.36. The highest BCUT2D eigenvalue weighted by atomic mass is 32.2. The van der Waals surface area contributed by atoms with Gasteiger partial charge >= 0.3 is 0 Å². The van der Waals surface area contributed by atoms with Gasteiger partial charge in [-0.1, -0.05) is 50.0 Å². The number of ether oxygens (including phenoxy) is 2. The lowest BCUT2D eigenvalue weighted by Crippen LogP contribution is -2.44. The van der Waals surface area contributed by atoms with E-state index in [1.165, 1.54) is 5.56 Å². The second-order valence-corrected chi connectivity index (χ2v) is 17.4. The number of nitrogens with zero attached hydrogens (tertiary/aromatic N) is 1. The molecule has 5 nitrogen and oxygen atoms in total. The fourth-order valence-electron chi connectivity index (χ4n) is 4.08. The number of rotatable bonds is 13. The molecule has 1 saturated heterocycles. The molecular weight excluding hydrogens is 426 g/mol. The Morgan fingerprint density at radius 2 is 2.00 bits per heavy atom. The van der Waals surface area contributed by atoms with Crippen molar-refractivity contribution in [2.24, 2.45) is 5.92 Å². The maximum atomic E-state index is 13.1. The molecule has 1 fully saturated rings. The first-order valence-corrected chi connectivity index (χ1v) is 16.8. The van der Waals surface area contributed by atoms with E-state index in [4.69, 9.17) is 9.47 Å². The van der Waals surface area contributed by atoms with Gasteiger partial charge in [0.15, 0.2) is 0 Å². The normalized spacial score (nSPS) is 19.3. The van der Waals surface area contributed by atoms with E-state index in [9.17, 15) is 8.42 Å². The van der Waals surface area contributed by atoms with Crippen molar-refractivity contribution in [2.45, 2.75) is 57.5 Å². The Morgan fingerprint density at radius 3 is 2.68 bits per heavy atom. The highest BCUT2D eigenvalue weighted by Gasteiger charge is 2.35. The van der Waals surface area contributed by atoms with Gasteiger partial charge in [-0.2, -0.15) is 0 Å². The molecule has 1 aliphatic rings. The highest BCUT2D eigenvalue weighted by molar-refractivity contribution is 7.89. The minimum Gasteiger partial charge on any atom is -0.385 e. The van der Waals surface area contributed by atoms with E-state index < -0.39 is 18.1 Å². The number of allylic oxidation sites excluding steroid dienone is 1. The van der Waals surface area contributed by atoms with Crippen LogP contribution in [-0.2, 0) is 25.9 Å². The topological polar surface area (TPSA) is 55.8 Å². The van der Waals surface area contributed by atoms with Crippen LogP contribution in [-0.4, -0.2) is 60.0 Å². The summed E-state index contributed by atoms with van der Waals surface area (Å²) >= 11 is 0. The number of hydrogen-bond acceptors (Lipinski definition) is 4. The third-order valence-electron chi connectivity index (χ3n) is 5.87. The fourth-order valence-corrected chi connectivity index (χ4v) is 8.65. The summed E-state index contributed by atoms with van der Waals surface area (Å²) in [5, 5.41) is 0. The molecule has 31 heavy (non-hydrogen) atoms. The van der Waals surface area contributed by atoms with Crippen LogP contribution in [0.3, 0.4) is 0 Å². The van der Waals surface area contributed by atoms with Crippen LogP contribution in [0.4, 0.5) is 0 Å².